The van der Waals surface area contributed by atoms with Crippen molar-refractivity contribution >= 4 is 27.3 Å². The molecule has 126 valence electrons. The highest BCUT2D eigenvalue weighted by atomic mass is 32.2. The van der Waals surface area contributed by atoms with Crippen LogP contribution in [0.15, 0.2) is 53.3 Å². The highest BCUT2D eigenvalue weighted by Gasteiger charge is 2.23. The molecule has 7 heteroatoms. The highest BCUT2D eigenvalue weighted by Crippen LogP contribution is 2.25. The zero-order valence-corrected chi connectivity index (χ0v) is 14.7. The van der Waals surface area contributed by atoms with E-state index >= 15 is 0 Å². The molecule has 0 fully saturated rings. The molecular formula is C17H18N2O3S2. The standard InChI is InChI=1S/C17H18N2O3S2/c1-2-9-18-24(21,22)15-5-3-13(4-6-15)17(20)19-10-7-16-14(12-19)8-11-23-16/h2-6,8,11,18H,1,7,9-10,12H2. The zero-order chi connectivity index (χ0) is 17.2. The molecule has 0 bridgehead atoms. The molecule has 0 atom stereocenters. The van der Waals surface area contributed by atoms with Crippen LogP contribution in [0.25, 0.3) is 0 Å². The van der Waals surface area contributed by atoms with E-state index in [1.165, 1.54) is 28.6 Å². The topological polar surface area (TPSA) is 66.5 Å². The van der Waals surface area contributed by atoms with Crippen LogP contribution in [-0.2, 0) is 23.0 Å². The maximum Gasteiger partial charge on any atom is 0.254 e. The number of hydrogen-bond donors (Lipinski definition) is 1. The van der Waals surface area contributed by atoms with Gasteiger partial charge in [0.05, 0.1) is 4.90 Å². The lowest BCUT2D eigenvalue weighted by atomic mass is 10.1. The van der Waals surface area contributed by atoms with Gasteiger partial charge in [-0.2, -0.15) is 0 Å². The van der Waals surface area contributed by atoms with Gasteiger partial charge in [0.1, 0.15) is 0 Å². The average molecular weight is 362 g/mol. The van der Waals surface area contributed by atoms with Crippen LogP contribution in [0.3, 0.4) is 0 Å². The van der Waals surface area contributed by atoms with E-state index in [4.69, 9.17) is 0 Å². The Hall–Kier alpha value is -1.96. The van der Waals surface area contributed by atoms with Gasteiger partial charge in [0.25, 0.3) is 5.91 Å². The monoisotopic (exact) mass is 362 g/mol. The Labute approximate surface area is 145 Å². The second-order valence-corrected chi connectivity index (χ2v) is 8.28. The van der Waals surface area contributed by atoms with E-state index in [2.05, 4.69) is 22.7 Å². The van der Waals surface area contributed by atoms with Crippen LogP contribution in [0.1, 0.15) is 20.8 Å². The van der Waals surface area contributed by atoms with E-state index in [1.54, 1.807) is 28.4 Å². The van der Waals surface area contributed by atoms with Crippen molar-refractivity contribution in [3.8, 4) is 0 Å². The van der Waals surface area contributed by atoms with Crippen LogP contribution >= 0.6 is 11.3 Å². The Morgan fingerprint density at radius 3 is 2.75 bits per heavy atom. The summed E-state index contributed by atoms with van der Waals surface area (Å²) in [6.45, 7) is 4.95. The number of amides is 1. The number of nitrogens with zero attached hydrogens (tertiary/aromatic N) is 1. The summed E-state index contributed by atoms with van der Waals surface area (Å²) in [5.74, 6) is -0.0742. The van der Waals surface area contributed by atoms with Crippen LogP contribution < -0.4 is 4.72 Å². The zero-order valence-electron chi connectivity index (χ0n) is 13.1. The first-order valence-electron chi connectivity index (χ1n) is 7.56. The van der Waals surface area contributed by atoms with Gasteiger partial charge in [0, 0.05) is 30.1 Å². The van der Waals surface area contributed by atoms with Gasteiger partial charge in [-0.3, -0.25) is 4.79 Å². The van der Waals surface area contributed by atoms with Gasteiger partial charge < -0.3 is 4.90 Å². The fraction of sp³-hybridized carbons (Fsp3) is 0.235. The molecule has 0 spiro atoms. The summed E-state index contributed by atoms with van der Waals surface area (Å²) in [6, 6.07) is 8.10. The van der Waals surface area contributed by atoms with Crippen molar-refractivity contribution < 1.29 is 13.2 Å². The Morgan fingerprint density at radius 2 is 2.04 bits per heavy atom. The van der Waals surface area contributed by atoms with Gasteiger partial charge in [-0.15, -0.1) is 17.9 Å². The molecule has 0 saturated heterocycles. The highest BCUT2D eigenvalue weighted by molar-refractivity contribution is 7.89. The molecule has 1 amide bonds. The van der Waals surface area contributed by atoms with Gasteiger partial charge in [0.15, 0.2) is 0 Å². The predicted molar refractivity (Wildman–Crippen MR) is 94.6 cm³/mol. The Morgan fingerprint density at radius 1 is 1.29 bits per heavy atom. The molecule has 5 nitrogen and oxygen atoms in total. The molecule has 1 aromatic carbocycles. The minimum absolute atomic E-state index is 0.0742. The molecule has 0 saturated carbocycles. The molecule has 1 aliphatic rings. The van der Waals surface area contributed by atoms with Crippen LogP contribution in [0.2, 0.25) is 0 Å². The summed E-state index contributed by atoms with van der Waals surface area (Å²) >= 11 is 1.73. The number of benzene rings is 1. The van der Waals surface area contributed by atoms with Crippen molar-refractivity contribution in [3.05, 3.63) is 64.4 Å². The molecule has 3 rings (SSSR count). The van der Waals surface area contributed by atoms with Crippen molar-refractivity contribution in [2.24, 2.45) is 0 Å². The molecule has 1 aliphatic heterocycles. The number of carbonyl (C=O) groups is 1. The second-order valence-electron chi connectivity index (χ2n) is 5.51. The van der Waals surface area contributed by atoms with E-state index in [9.17, 15) is 13.2 Å². The third kappa shape index (κ3) is 3.43. The van der Waals surface area contributed by atoms with Gasteiger partial charge in [-0.05, 0) is 47.7 Å². The number of rotatable bonds is 5. The lowest BCUT2D eigenvalue weighted by Gasteiger charge is -2.27. The van der Waals surface area contributed by atoms with Gasteiger partial charge in [-0.25, -0.2) is 13.1 Å². The summed E-state index contributed by atoms with van der Waals surface area (Å²) in [4.78, 5) is 15.9. The van der Waals surface area contributed by atoms with E-state index in [0.29, 0.717) is 18.7 Å². The normalized spacial score (nSPS) is 14.2. The van der Waals surface area contributed by atoms with Crippen molar-refractivity contribution in [3.63, 3.8) is 0 Å². The number of nitrogens with one attached hydrogen (secondary N) is 1. The molecule has 2 aromatic rings. The Balaban J connectivity index is 1.74. The molecule has 0 aliphatic carbocycles. The van der Waals surface area contributed by atoms with Crippen molar-refractivity contribution in [1.82, 2.24) is 9.62 Å². The van der Waals surface area contributed by atoms with Crippen molar-refractivity contribution in [2.45, 2.75) is 17.9 Å². The Bertz CT molecular complexity index is 854. The van der Waals surface area contributed by atoms with Crippen LogP contribution in [0.4, 0.5) is 0 Å². The van der Waals surface area contributed by atoms with Crippen LogP contribution in [0.5, 0.6) is 0 Å². The van der Waals surface area contributed by atoms with Crippen LogP contribution in [0, 0.1) is 0 Å². The summed E-state index contributed by atoms with van der Waals surface area (Å²) in [6.07, 6.45) is 2.35. The van der Waals surface area contributed by atoms with Gasteiger partial charge >= 0.3 is 0 Å². The van der Waals surface area contributed by atoms with Crippen molar-refractivity contribution in [2.75, 3.05) is 13.1 Å². The summed E-state index contributed by atoms with van der Waals surface area (Å²) < 4.78 is 26.5. The number of fused-ring (bicyclic) bond motifs is 1. The minimum atomic E-state index is -3.57. The first-order valence-corrected chi connectivity index (χ1v) is 9.92. The summed E-state index contributed by atoms with van der Waals surface area (Å²) in [5.41, 5.74) is 1.70. The van der Waals surface area contributed by atoms with Gasteiger partial charge in [-0.1, -0.05) is 6.08 Å². The number of thiophene rings is 1. The van der Waals surface area contributed by atoms with Gasteiger partial charge in [0.2, 0.25) is 10.0 Å². The van der Waals surface area contributed by atoms with E-state index in [0.717, 1.165) is 6.42 Å². The number of carbonyl (C=O) groups excluding carboxylic acids is 1. The molecular weight excluding hydrogens is 344 g/mol. The first-order chi connectivity index (χ1) is 11.5. The molecule has 1 N–H and O–H groups in total. The molecule has 1 aromatic heterocycles. The predicted octanol–water partition coefficient (Wildman–Crippen LogP) is 2.41. The fourth-order valence-corrected chi connectivity index (χ4v) is 4.52. The van der Waals surface area contributed by atoms with E-state index in [1.807, 2.05) is 0 Å². The smallest absolute Gasteiger partial charge is 0.254 e. The summed E-state index contributed by atoms with van der Waals surface area (Å²) in [7, 11) is -3.57. The molecule has 0 radical (unpaired) electrons. The first kappa shape index (κ1) is 16.9. The lowest BCUT2D eigenvalue weighted by Crippen LogP contribution is -2.35. The lowest BCUT2D eigenvalue weighted by molar-refractivity contribution is 0.0736. The average Bonchev–Trinajstić information content (AvgIpc) is 3.07. The number of sulfonamides is 1. The fourth-order valence-electron chi connectivity index (χ4n) is 2.63. The molecule has 2 heterocycles. The van der Waals surface area contributed by atoms with Crippen molar-refractivity contribution in [1.29, 1.82) is 0 Å². The Kier molecular flexibility index (Phi) is 4.84. The molecule has 24 heavy (non-hydrogen) atoms. The quantitative estimate of drug-likeness (QED) is 0.831. The SMILES string of the molecule is C=CCNS(=O)(=O)c1ccc(C(=O)N2CCc3sccc3C2)cc1. The third-order valence-electron chi connectivity index (χ3n) is 3.92. The third-order valence-corrected chi connectivity index (χ3v) is 6.39. The number of hydrogen-bond acceptors (Lipinski definition) is 4. The largest absolute Gasteiger partial charge is 0.334 e. The maximum absolute atomic E-state index is 12.6. The van der Waals surface area contributed by atoms with E-state index in [-0.39, 0.29) is 17.3 Å². The van der Waals surface area contributed by atoms with E-state index < -0.39 is 10.0 Å². The summed E-state index contributed by atoms with van der Waals surface area (Å²) in [5, 5.41) is 2.05. The maximum atomic E-state index is 12.6. The second kappa shape index (κ2) is 6.88. The minimum Gasteiger partial charge on any atom is -0.334 e. The molecule has 0 unspecified atom stereocenters. The van der Waals surface area contributed by atoms with Crippen LogP contribution in [-0.4, -0.2) is 32.3 Å².